The summed E-state index contributed by atoms with van der Waals surface area (Å²) in [4.78, 5) is 23.6. The summed E-state index contributed by atoms with van der Waals surface area (Å²) in [6, 6.07) is 0. The Kier molecular flexibility index (Phi) is 26.7. The van der Waals surface area contributed by atoms with Crippen LogP contribution in [0, 0.1) is 0 Å². The number of esters is 2. The lowest BCUT2D eigenvalue weighted by Crippen LogP contribution is -2.25. The summed E-state index contributed by atoms with van der Waals surface area (Å²) in [5, 5.41) is 29.8. The Bertz CT molecular complexity index is 726. The molecule has 0 rings (SSSR count). The third-order valence-corrected chi connectivity index (χ3v) is 6.26. The third-order valence-electron chi connectivity index (χ3n) is 6.26. The summed E-state index contributed by atoms with van der Waals surface area (Å²) in [6.07, 6.45) is 26.7. The Morgan fingerprint density at radius 2 is 1.15 bits per heavy atom. The van der Waals surface area contributed by atoms with Gasteiger partial charge in [-0.05, 0) is 38.5 Å². The van der Waals surface area contributed by atoms with E-state index in [1.165, 1.54) is 44.9 Å². The molecule has 7 nitrogen and oxygen atoms in total. The van der Waals surface area contributed by atoms with Crippen molar-refractivity contribution in [1.29, 1.82) is 0 Å². The predicted molar refractivity (Wildman–Crippen MR) is 162 cm³/mol. The van der Waals surface area contributed by atoms with Gasteiger partial charge in [-0.15, -0.1) is 0 Å². The molecule has 7 heteroatoms. The Labute approximate surface area is 243 Å². The second-order valence-electron chi connectivity index (χ2n) is 10.3. The third kappa shape index (κ3) is 27.4. The van der Waals surface area contributed by atoms with Crippen molar-refractivity contribution in [1.82, 2.24) is 0 Å². The number of carbonyl (C=O) groups is 2. The van der Waals surface area contributed by atoms with E-state index in [1.54, 1.807) is 36.5 Å². The Balaban J connectivity index is 3.84. The highest BCUT2D eigenvalue weighted by molar-refractivity contribution is 5.69. The summed E-state index contributed by atoms with van der Waals surface area (Å²) in [5.41, 5.74) is 0. The highest BCUT2D eigenvalue weighted by Gasteiger charge is 2.12. The van der Waals surface area contributed by atoms with E-state index in [2.05, 4.69) is 19.9 Å². The second kappa shape index (κ2) is 28.3. The molecule has 230 valence electrons. The van der Waals surface area contributed by atoms with Crippen molar-refractivity contribution in [3.63, 3.8) is 0 Å². The molecule has 0 saturated carbocycles. The molecule has 0 aromatic carbocycles. The number of aliphatic hydroxyl groups excluding tert-OH is 3. The Morgan fingerprint density at radius 3 is 1.77 bits per heavy atom. The first kappa shape index (κ1) is 37.8. The van der Waals surface area contributed by atoms with Gasteiger partial charge in [0.05, 0.1) is 12.2 Å². The monoisotopic (exact) mass is 564 g/mol. The lowest BCUT2D eigenvalue weighted by atomic mass is 10.1. The summed E-state index contributed by atoms with van der Waals surface area (Å²) in [6.45, 7) is 3.94. The van der Waals surface area contributed by atoms with E-state index in [0.717, 1.165) is 25.7 Å². The number of rotatable bonds is 26. The number of ether oxygens (including phenoxy) is 2. The number of unbranched alkanes of at least 4 members (excludes halogenated alkanes) is 9. The summed E-state index contributed by atoms with van der Waals surface area (Å²) in [5.74, 6) is -0.811. The van der Waals surface area contributed by atoms with Gasteiger partial charge in [-0.1, -0.05) is 114 Å². The fourth-order valence-corrected chi connectivity index (χ4v) is 3.81. The number of allylic oxidation sites excluding steroid dienone is 5. The van der Waals surface area contributed by atoms with Crippen LogP contribution in [0.2, 0.25) is 0 Å². The maximum atomic E-state index is 11.9. The van der Waals surface area contributed by atoms with E-state index in [0.29, 0.717) is 25.7 Å². The van der Waals surface area contributed by atoms with Crippen LogP contribution in [-0.2, 0) is 19.1 Å². The minimum Gasteiger partial charge on any atom is -0.463 e. The minimum atomic E-state index is -1.05. The van der Waals surface area contributed by atoms with Gasteiger partial charge in [-0.3, -0.25) is 9.59 Å². The molecule has 0 aromatic rings. The van der Waals surface area contributed by atoms with Gasteiger partial charge in [-0.2, -0.15) is 0 Å². The predicted octanol–water partition coefficient (Wildman–Crippen LogP) is 6.66. The molecule has 0 spiro atoms. The quantitative estimate of drug-likeness (QED) is 0.0466. The molecule has 0 saturated heterocycles. The first-order valence-electron chi connectivity index (χ1n) is 15.4. The lowest BCUT2D eigenvalue weighted by Gasteiger charge is -2.12. The van der Waals surface area contributed by atoms with Gasteiger partial charge < -0.3 is 24.8 Å². The molecule has 3 N–H and O–H groups in total. The molecule has 0 bridgehead atoms. The fraction of sp³-hybridized carbons (Fsp3) is 0.697. The standard InChI is InChI=1S/C33H56O7/c1-3-5-7-9-11-13-19-25-32(37)39-27-31(36)28-40-33(38)26-20-24-30(35)23-18-15-14-17-22-29(34)21-16-12-10-8-6-4-2/h12,14-18,22-23,29-31,34-36H,3-11,13,19-21,24-28H2,1-2H3/b15-14+,16-12-,22-17+,23-18-/t29-,30-,31-/m1/s1. The van der Waals surface area contributed by atoms with E-state index in [9.17, 15) is 24.9 Å². The first-order valence-corrected chi connectivity index (χ1v) is 15.4. The fourth-order valence-electron chi connectivity index (χ4n) is 3.81. The van der Waals surface area contributed by atoms with Crippen molar-refractivity contribution < 1.29 is 34.4 Å². The van der Waals surface area contributed by atoms with E-state index in [4.69, 9.17) is 9.47 Å². The zero-order valence-corrected chi connectivity index (χ0v) is 25.1. The summed E-state index contributed by atoms with van der Waals surface area (Å²) in [7, 11) is 0. The maximum Gasteiger partial charge on any atom is 0.305 e. The molecular weight excluding hydrogens is 508 g/mol. The van der Waals surface area contributed by atoms with Gasteiger partial charge in [-0.25, -0.2) is 0 Å². The smallest absolute Gasteiger partial charge is 0.305 e. The molecule has 0 radical (unpaired) electrons. The zero-order chi connectivity index (χ0) is 29.7. The zero-order valence-electron chi connectivity index (χ0n) is 25.1. The highest BCUT2D eigenvalue weighted by atomic mass is 16.6. The van der Waals surface area contributed by atoms with Gasteiger partial charge in [0, 0.05) is 12.8 Å². The van der Waals surface area contributed by atoms with E-state index >= 15 is 0 Å². The van der Waals surface area contributed by atoms with Crippen molar-refractivity contribution in [3.05, 3.63) is 48.6 Å². The average molecular weight is 565 g/mol. The molecule has 40 heavy (non-hydrogen) atoms. The highest BCUT2D eigenvalue weighted by Crippen LogP contribution is 2.09. The van der Waals surface area contributed by atoms with Gasteiger partial charge in [0.2, 0.25) is 0 Å². The molecule has 0 heterocycles. The van der Waals surface area contributed by atoms with E-state index in [-0.39, 0.29) is 25.6 Å². The lowest BCUT2D eigenvalue weighted by molar-refractivity contribution is -0.152. The van der Waals surface area contributed by atoms with Crippen LogP contribution in [0.4, 0.5) is 0 Å². The summed E-state index contributed by atoms with van der Waals surface area (Å²) < 4.78 is 10.1. The van der Waals surface area contributed by atoms with Crippen LogP contribution in [0.3, 0.4) is 0 Å². The topological polar surface area (TPSA) is 113 Å². The Morgan fingerprint density at radius 1 is 0.625 bits per heavy atom. The first-order chi connectivity index (χ1) is 19.4. The molecule has 0 aliphatic carbocycles. The SMILES string of the molecule is CCCCC/C=C\C[C@@H](O)/C=C/C=C/C=C\[C@@H](O)CCCC(=O)OC[C@H](O)COC(=O)CCCCCCCCC. The normalized spacial score (nSPS) is 14.4. The maximum absolute atomic E-state index is 11.9. The van der Waals surface area contributed by atoms with Crippen molar-refractivity contribution in [3.8, 4) is 0 Å². The van der Waals surface area contributed by atoms with Gasteiger partial charge in [0.1, 0.15) is 19.3 Å². The largest absolute Gasteiger partial charge is 0.463 e. The average Bonchev–Trinajstić information content (AvgIpc) is 2.94. The van der Waals surface area contributed by atoms with Crippen LogP contribution < -0.4 is 0 Å². The van der Waals surface area contributed by atoms with Crippen LogP contribution in [0.25, 0.3) is 0 Å². The number of aliphatic hydroxyl groups is 3. The van der Waals surface area contributed by atoms with Crippen molar-refractivity contribution in [2.24, 2.45) is 0 Å². The van der Waals surface area contributed by atoms with Crippen LogP contribution >= 0.6 is 0 Å². The van der Waals surface area contributed by atoms with Crippen molar-refractivity contribution >= 4 is 11.9 Å². The van der Waals surface area contributed by atoms with Crippen LogP contribution in [-0.4, -0.2) is 58.8 Å². The molecule has 0 aliphatic rings. The van der Waals surface area contributed by atoms with Gasteiger partial charge in [0.15, 0.2) is 0 Å². The van der Waals surface area contributed by atoms with Crippen molar-refractivity contribution in [2.45, 2.75) is 135 Å². The van der Waals surface area contributed by atoms with Gasteiger partial charge in [0.25, 0.3) is 0 Å². The van der Waals surface area contributed by atoms with E-state index < -0.39 is 24.3 Å². The van der Waals surface area contributed by atoms with Crippen molar-refractivity contribution in [2.75, 3.05) is 13.2 Å². The minimum absolute atomic E-state index is 0.124. The number of hydrogen-bond acceptors (Lipinski definition) is 7. The number of carbonyl (C=O) groups excluding carboxylic acids is 2. The number of hydrogen-bond donors (Lipinski definition) is 3. The molecule has 0 unspecified atom stereocenters. The van der Waals surface area contributed by atoms with E-state index in [1.807, 2.05) is 6.08 Å². The molecule has 0 fully saturated rings. The molecule has 0 amide bonds. The van der Waals surface area contributed by atoms with Crippen LogP contribution in [0.15, 0.2) is 48.6 Å². The molecular formula is C33H56O7. The van der Waals surface area contributed by atoms with Crippen LogP contribution in [0.1, 0.15) is 117 Å². The van der Waals surface area contributed by atoms with Gasteiger partial charge >= 0.3 is 11.9 Å². The molecule has 0 aliphatic heterocycles. The Hall–Kier alpha value is -2.22. The van der Waals surface area contributed by atoms with Crippen LogP contribution in [0.5, 0.6) is 0 Å². The second-order valence-corrected chi connectivity index (χ2v) is 10.3. The summed E-state index contributed by atoms with van der Waals surface area (Å²) >= 11 is 0. The molecule has 3 atom stereocenters. The molecule has 0 aromatic heterocycles.